The van der Waals surface area contributed by atoms with Gasteiger partial charge in [-0.25, -0.2) is 4.68 Å². The van der Waals surface area contributed by atoms with E-state index in [1.165, 1.54) is 11.3 Å². The highest BCUT2D eigenvalue weighted by atomic mass is 35.5. The molecular formula is C19H19ClN4O2S. The van der Waals surface area contributed by atoms with Crippen molar-refractivity contribution < 1.29 is 9.59 Å². The number of nitrogens with zero attached hydrogens (tertiary/aromatic N) is 2. The van der Waals surface area contributed by atoms with Crippen LogP contribution in [0.4, 0.5) is 5.82 Å². The highest BCUT2D eigenvalue weighted by Crippen LogP contribution is 2.20. The van der Waals surface area contributed by atoms with Gasteiger partial charge >= 0.3 is 0 Å². The van der Waals surface area contributed by atoms with Gasteiger partial charge in [-0.1, -0.05) is 23.7 Å². The number of carbonyl (C=O) groups is 2. The Morgan fingerprint density at radius 2 is 2.07 bits per heavy atom. The molecule has 0 atom stereocenters. The molecule has 0 aliphatic carbocycles. The van der Waals surface area contributed by atoms with Crippen molar-refractivity contribution in [3.8, 4) is 5.69 Å². The van der Waals surface area contributed by atoms with Crippen molar-refractivity contribution >= 4 is 40.6 Å². The van der Waals surface area contributed by atoms with Crippen LogP contribution >= 0.6 is 22.9 Å². The number of aromatic nitrogens is 2. The van der Waals surface area contributed by atoms with Gasteiger partial charge in [0, 0.05) is 24.1 Å². The third-order valence-corrected chi connectivity index (χ3v) is 4.87. The molecule has 0 radical (unpaired) electrons. The number of benzene rings is 1. The molecule has 0 saturated carbocycles. The van der Waals surface area contributed by atoms with E-state index in [2.05, 4.69) is 15.7 Å². The molecule has 0 bridgehead atoms. The van der Waals surface area contributed by atoms with Crippen molar-refractivity contribution in [1.29, 1.82) is 0 Å². The summed E-state index contributed by atoms with van der Waals surface area (Å²) in [5.41, 5.74) is 1.56. The number of rotatable bonds is 7. The number of aryl methyl sites for hydroxylation is 1. The monoisotopic (exact) mass is 402 g/mol. The fourth-order valence-electron chi connectivity index (χ4n) is 2.54. The predicted molar refractivity (Wildman–Crippen MR) is 108 cm³/mol. The van der Waals surface area contributed by atoms with E-state index in [4.69, 9.17) is 11.6 Å². The van der Waals surface area contributed by atoms with Gasteiger partial charge in [0.2, 0.25) is 5.91 Å². The largest absolute Gasteiger partial charge is 0.351 e. The van der Waals surface area contributed by atoms with Crippen LogP contribution in [0.1, 0.15) is 28.2 Å². The number of nitrogens with one attached hydrogen (secondary N) is 2. The maximum absolute atomic E-state index is 12.3. The lowest BCUT2D eigenvalue weighted by Gasteiger charge is -2.09. The second kappa shape index (κ2) is 8.83. The van der Waals surface area contributed by atoms with Gasteiger partial charge in [0.15, 0.2) is 0 Å². The highest BCUT2D eigenvalue weighted by Gasteiger charge is 2.12. The first-order valence-electron chi connectivity index (χ1n) is 8.47. The normalized spacial score (nSPS) is 10.6. The Morgan fingerprint density at radius 3 is 2.81 bits per heavy atom. The number of carbonyl (C=O) groups excluding carboxylic acids is 2. The van der Waals surface area contributed by atoms with Crippen molar-refractivity contribution in [1.82, 2.24) is 15.1 Å². The second-order valence-corrected chi connectivity index (χ2v) is 7.33. The Kier molecular flexibility index (Phi) is 6.26. The van der Waals surface area contributed by atoms with E-state index in [1.54, 1.807) is 28.9 Å². The zero-order valence-electron chi connectivity index (χ0n) is 14.7. The van der Waals surface area contributed by atoms with Gasteiger partial charge in [0.05, 0.1) is 16.3 Å². The molecule has 0 aliphatic heterocycles. The molecule has 27 heavy (non-hydrogen) atoms. The van der Waals surface area contributed by atoms with E-state index >= 15 is 0 Å². The maximum Gasteiger partial charge on any atom is 0.261 e. The van der Waals surface area contributed by atoms with E-state index in [1.807, 2.05) is 30.5 Å². The minimum atomic E-state index is -0.136. The lowest BCUT2D eigenvalue weighted by atomic mass is 10.3. The molecule has 6 nitrogen and oxygen atoms in total. The first kappa shape index (κ1) is 19.1. The molecule has 2 N–H and O–H groups in total. The molecule has 3 aromatic rings. The van der Waals surface area contributed by atoms with Crippen LogP contribution in [0, 0.1) is 6.92 Å². The second-order valence-electron chi connectivity index (χ2n) is 5.95. The van der Waals surface area contributed by atoms with Gasteiger partial charge in [-0.2, -0.15) is 5.10 Å². The summed E-state index contributed by atoms with van der Waals surface area (Å²) in [5.74, 6) is 0.339. The molecule has 2 aromatic heterocycles. The Balaban J connectivity index is 1.53. The molecule has 1 aromatic carbocycles. The predicted octanol–water partition coefficient (Wildman–Crippen LogP) is 4.04. The highest BCUT2D eigenvalue weighted by molar-refractivity contribution is 7.12. The van der Waals surface area contributed by atoms with Crippen molar-refractivity contribution in [2.75, 3.05) is 11.9 Å². The van der Waals surface area contributed by atoms with Crippen LogP contribution < -0.4 is 10.6 Å². The number of hydrogen-bond donors (Lipinski definition) is 2. The van der Waals surface area contributed by atoms with Crippen LogP contribution in [0.25, 0.3) is 5.69 Å². The third-order valence-electron chi connectivity index (χ3n) is 3.76. The zero-order chi connectivity index (χ0) is 19.2. The summed E-state index contributed by atoms with van der Waals surface area (Å²) >= 11 is 7.43. The van der Waals surface area contributed by atoms with E-state index in [0.29, 0.717) is 35.1 Å². The quantitative estimate of drug-likeness (QED) is 0.585. The first-order chi connectivity index (χ1) is 13.0. The van der Waals surface area contributed by atoms with E-state index in [0.717, 1.165) is 11.4 Å². The first-order valence-corrected chi connectivity index (χ1v) is 9.73. The van der Waals surface area contributed by atoms with Gasteiger partial charge < -0.3 is 10.6 Å². The van der Waals surface area contributed by atoms with Crippen molar-refractivity contribution in [3.05, 3.63) is 63.4 Å². The van der Waals surface area contributed by atoms with Crippen LogP contribution in [0.5, 0.6) is 0 Å². The Labute approximate surface area is 166 Å². The van der Waals surface area contributed by atoms with Gasteiger partial charge in [-0.3, -0.25) is 9.59 Å². The standard InChI is InChI=1S/C19H19ClN4O2S/c1-13-11-17(24(23-13)15-6-2-5-14(20)12-15)22-18(25)8-3-9-21-19(26)16-7-4-10-27-16/h2,4-7,10-12H,3,8-9H2,1H3,(H,21,26)(H,22,25). The molecule has 0 aliphatic rings. The summed E-state index contributed by atoms with van der Waals surface area (Å²) in [6.45, 7) is 2.30. The van der Waals surface area contributed by atoms with Gasteiger partial charge in [-0.05, 0) is 43.0 Å². The van der Waals surface area contributed by atoms with E-state index in [9.17, 15) is 9.59 Å². The summed E-state index contributed by atoms with van der Waals surface area (Å²) in [5, 5.41) is 12.5. The molecule has 8 heteroatoms. The van der Waals surface area contributed by atoms with Crippen molar-refractivity contribution in [2.24, 2.45) is 0 Å². The summed E-state index contributed by atoms with van der Waals surface area (Å²) in [6, 6.07) is 12.7. The lowest BCUT2D eigenvalue weighted by molar-refractivity contribution is -0.116. The lowest BCUT2D eigenvalue weighted by Crippen LogP contribution is -2.24. The summed E-state index contributed by atoms with van der Waals surface area (Å²) in [6.07, 6.45) is 0.845. The summed E-state index contributed by atoms with van der Waals surface area (Å²) in [4.78, 5) is 24.8. The molecule has 2 amide bonds. The molecule has 0 fully saturated rings. The number of halogens is 1. The number of anilines is 1. The number of thiophene rings is 1. The number of hydrogen-bond acceptors (Lipinski definition) is 4. The maximum atomic E-state index is 12.3. The fourth-order valence-corrected chi connectivity index (χ4v) is 3.37. The molecule has 0 unspecified atom stereocenters. The smallest absolute Gasteiger partial charge is 0.261 e. The van der Waals surface area contributed by atoms with Crippen LogP contribution in [-0.2, 0) is 4.79 Å². The molecule has 0 saturated heterocycles. The van der Waals surface area contributed by atoms with Crippen molar-refractivity contribution in [3.63, 3.8) is 0 Å². The van der Waals surface area contributed by atoms with Gasteiger partial charge in [0.1, 0.15) is 5.82 Å². The zero-order valence-corrected chi connectivity index (χ0v) is 16.3. The fraction of sp³-hybridized carbons (Fsp3) is 0.211. The Hall–Kier alpha value is -2.64. The summed E-state index contributed by atoms with van der Waals surface area (Å²) in [7, 11) is 0. The van der Waals surface area contributed by atoms with Crippen LogP contribution in [0.15, 0.2) is 47.8 Å². The van der Waals surface area contributed by atoms with Crippen molar-refractivity contribution in [2.45, 2.75) is 19.8 Å². The Bertz CT molecular complexity index is 937. The van der Waals surface area contributed by atoms with Gasteiger partial charge in [-0.15, -0.1) is 11.3 Å². The molecule has 3 rings (SSSR count). The van der Waals surface area contributed by atoms with E-state index in [-0.39, 0.29) is 11.8 Å². The minimum absolute atomic E-state index is 0.111. The van der Waals surface area contributed by atoms with Gasteiger partial charge in [0.25, 0.3) is 5.91 Å². The number of amides is 2. The SMILES string of the molecule is Cc1cc(NC(=O)CCCNC(=O)c2cccs2)n(-c2cccc(Cl)c2)n1. The average molecular weight is 403 g/mol. The van der Waals surface area contributed by atoms with E-state index < -0.39 is 0 Å². The third kappa shape index (κ3) is 5.18. The molecule has 0 spiro atoms. The molecular weight excluding hydrogens is 384 g/mol. The van der Waals surface area contributed by atoms with Crippen LogP contribution in [0.2, 0.25) is 5.02 Å². The topological polar surface area (TPSA) is 76.0 Å². The minimum Gasteiger partial charge on any atom is -0.351 e. The molecule has 2 heterocycles. The summed E-state index contributed by atoms with van der Waals surface area (Å²) < 4.78 is 1.65. The average Bonchev–Trinajstić information content (AvgIpc) is 3.28. The van der Waals surface area contributed by atoms with Crippen LogP contribution in [0.3, 0.4) is 0 Å². The van der Waals surface area contributed by atoms with Crippen LogP contribution in [-0.4, -0.2) is 28.1 Å². The molecule has 140 valence electrons. The Morgan fingerprint density at radius 1 is 1.22 bits per heavy atom.